The molecule has 3 saturated carbocycles. The van der Waals surface area contributed by atoms with Crippen LogP contribution in [0.4, 0.5) is 20.4 Å². The Morgan fingerprint density at radius 2 is 1.84 bits per heavy atom. The summed E-state index contributed by atoms with van der Waals surface area (Å²) >= 11 is 1.04. The van der Waals surface area contributed by atoms with Crippen LogP contribution >= 0.6 is 11.9 Å². The summed E-state index contributed by atoms with van der Waals surface area (Å²) in [5.74, 6) is -0.888. The first-order chi connectivity index (χ1) is 21.1. The highest BCUT2D eigenvalue weighted by Crippen LogP contribution is 2.93. The normalized spacial score (nSPS) is 25.4. The average molecular weight is 622 g/mol. The predicted octanol–water partition coefficient (Wildman–Crippen LogP) is 6.11. The Morgan fingerprint density at radius 3 is 2.61 bits per heavy atom. The van der Waals surface area contributed by atoms with Gasteiger partial charge in [-0.15, -0.1) is 5.10 Å². The molecule has 3 aliphatic carbocycles. The van der Waals surface area contributed by atoms with Gasteiger partial charge in [0.15, 0.2) is 5.82 Å². The second-order valence-corrected chi connectivity index (χ2v) is 14.8. The fourth-order valence-electron chi connectivity index (χ4n) is 8.43. The zero-order chi connectivity index (χ0) is 30.3. The molecule has 3 aromatic rings. The zero-order valence-electron chi connectivity index (χ0n) is 25.0. The van der Waals surface area contributed by atoms with E-state index in [1.54, 1.807) is 41.2 Å². The summed E-state index contributed by atoms with van der Waals surface area (Å²) in [4.78, 5) is 24.9. The summed E-state index contributed by atoms with van der Waals surface area (Å²) in [5.41, 5.74) is 1.19. The van der Waals surface area contributed by atoms with Crippen LogP contribution in [0.3, 0.4) is 0 Å². The molecule has 0 radical (unpaired) electrons. The number of rotatable bonds is 5. The van der Waals surface area contributed by atoms with Gasteiger partial charge in [0.05, 0.1) is 18.7 Å². The number of pyridine rings is 2. The minimum Gasteiger partial charge on any atom is -0.477 e. The van der Waals surface area contributed by atoms with Crippen molar-refractivity contribution < 1.29 is 18.3 Å². The third-order valence-electron chi connectivity index (χ3n) is 10.7. The van der Waals surface area contributed by atoms with Gasteiger partial charge in [0.25, 0.3) is 11.8 Å². The Labute approximate surface area is 259 Å². The largest absolute Gasteiger partial charge is 0.477 e. The molecule has 5 heterocycles. The summed E-state index contributed by atoms with van der Waals surface area (Å²) in [6, 6.07) is 10.4. The van der Waals surface area contributed by atoms with Crippen molar-refractivity contribution in [2.24, 2.45) is 22.7 Å². The van der Waals surface area contributed by atoms with Crippen molar-refractivity contribution in [2.45, 2.75) is 75.3 Å². The quantitative estimate of drug-likeness (QED) is 0.330. The van der Waals surface area contributed by atoms with Crippen LogP contribution in [0.25, 0.3) is 5.82 Å². The molecule has 1 atom stereocenters. The van der Waals surface area contributed by atoms with Crippen LogP contribution in [-0.2, 0) is 0 Å². The molecule has 232 valence electrons. The Morgan fingerprint density at radius 1 is 1.05 bits per heavy atom. The number of anilines is 2. The number of carbonyl (C=O) groups excluding carboxylic acids is 1. The Kier molecular flexibility index (Phi) is 6.25. The number of halogens is 2. The molecule has 1 saturated heterocycles. The Bertz CT molecular complexity index is 1600. The number of ether oxygens (including phenoxy) is 1. The van der Waals surface area contributed by atoms with Gasteiger partial charge in [-0.25, -0.2) is 23.4 Å². The first kappa shape index (κ1) is 28.1. The lowest BCUT2D eigenvalue weighted by atomic mass is 9.92. The van der Waals surface area contributed by atoms with E-state index in [0.29, 0.717) is 64.3 Å². The second-order valence-electron chi connectivity index (χ2n) is 13.9. The van der Waals surface area contributed by atoms with Crippen molar-refractivity contribution in [2.75, 3.05) is 29.9 Å². The standard InChI is InChI=1S/C32H37F2N7O2S/c1-29(2)16-20-17-32(33,34)19-35-23-4-3-5-26(36-23)44-39-28(42)21-6-7-24(37-27(21)40(29)18-20)41-14-8-25(38-41)43-15-9-22-30(10-11-30)31(22)12-13-31/h3-8,14,20,22H,9-13,15-19H2,1-2H3,(H,35,36)(H,39,42). The van der Waals surface area contributed by atoms with Crippen molar-refractivity contribution >= 4 is 29.5 Å². The van der Waals surface area contributed by atoms with Crippen LogP contribution in [0.1, 0.15) is 69.2 Å². The Balaban J connectivity index is 1.06. The third-order valence-corrected chi connectivity index (χ3v) is 11.4. The Hall–Kier alpha value is -3.41. The van der Waals surface area contributed by atoms with E-state index < -0.39 is 18.0 Å². The predicted molar refractivity (Wildman–Crippen MR) is 163 cm³/mol. The third kappa shape index (κ3) is 4.80. The van der Waals surface area contributed by atoms with Crippen molar-refractivity contribution in [1.82, 2.24) is 24.5 Å². The lowest BCUT2D eigenvalue weighted by Crippen LogP contribution is -2.40. The van der Waals surface area contributed by atoms with Gasteiger partial charge in [-0.2, -0.15) is 0 Å². The number of nitrogens with one attached hydrogen (secondary N) is 2. The van der Waals surface area contributed by atoms with Gasteiger partial charge in [0, 0.05) is 42.7 Å². The summed E-state index contributed by atoms with van der Waals surface area (Å²) < 4.78 is 40.9. The smallest absolute Gasteiger partial charge is 0.265 e. The zero-order valence-corrected chi connectivity index (χ0v) is 25.8. The van der Waals surface area contributed by atoms with Crippen molar-refractivity contribution in [1.29, 1.82) is 0 Å². The van der Waals surface area contributed by atoms with E-state index in [-0.39, 0.29) is 18.2 Å². The number of nitrogens with zero attached hydrogens (tertiary/aromatic N) is 5. The molecule has 5 aliphatic rings. The molecule has 8 rings (SSSR count). The number of hydrogen-bond acceptors (Lipinski definition) is 8. The van der Waals surface area contributed by atoms with Gasteiger partial charge < -0.3 is 15.0 Å². The van der Waals surface area contributed by atoms with Crippen LogP contribution in [0.2, 0.25) is 0 Å². The van der Waals surface area contributed by atoms with Gasteiger partial charge in [0.1, 0.15) is 16.7 Å². The molecule has 1 amide bonds. The molecule has 2 spiro atoms. The molecule has 2 N–H and O–H groups in total. The highest BCUT2D eigenvalue weighted by Gasteiger charge is 2.85. The van der Waals surface area contributed by atoms with E-state index in [1.165, 1.54) is 25.7 Å². The molecule has 4 bridgehead atoms. The van der Waals surface area contributed by atoms with Gasteiger partial charge in [-0.05, 0) is 99.3 Å². The molecule has 2 aliphatic heterocycles. The van der Waals surface area contributed by atoms with E-state index in [0.717, 1.165) is 24.3 Å². The number of fused-ring (bicyclic) bond motifs is 7. The maximum absolute atomic E-state index is 15.2. The van der Waals surface area contributed by atoms with Crippen LogP contribution in [0.15, 0.2) is 47.6 Å². The van der Waals surface area contributed by atoms with E-state index in [9.17, 15) is 4.79 Å². The fraction of sp³-hybridized carbons (Fsp3) is 0.562. The maximum Gasteiger partial charge on any atom is 0.265 e. The van der Waals surface area contributed by atoms with E-state index in [2.05, 4.69) is 20.1 Å². The summed E-state index contributed by atoms with van der Waals surface area (Å²) in [6.07, 6.45) is 8.73. The van der Waals surface area contributed by atoms with Crippen LogP contribution < -0.4 is 19.7 Å². The first-order valence-corrected chi connectivity index (χ1v) is 16.4. The molecule has 0 aromatic carbocycles. The fourth-order valence-corrected chi connectivity index (χ4v) is 9.03. The lowest BCUT2D eigenvalue weighted by molar-refractivity contribution is -0.00773. The lowest BCUT2D eigenvalue weighted by Gasteiger charge is -2.34. The number of carbonyl (C=O) groups is 1. The van der Waals surface area contributed by atoms with Crippen molar-refractivity contribution in [3.8, 4) is 11.7 Å². The molecular formula is C32H37F2N7O2S. The number of aromatic nitrogens is 4. The molecule has 9 nitrogen and oxygen atoms in total. The molecule has 12 heteroatoms. The van der Waals surface area contributed by atoms with E-state index in [1.807, 2.05) is 24.8 Å². The number of alkyl halides is 2. The number of amides is 1. The molecule has 44 heavy (non-hydrogen) atoms. The number of hydrogen-bond donors (Lipinski definition) is 2. The van der Waals surface area contributed by atoms with Crippen molar-refractivity contribution in [3.63, 3.8) is 0 Å². The van der Waals surface area contributed by atoms with Crippen LogP contribution in [0.5, 0.6) is 5.88 Å². The molecule has 4 fully saturated rings. The van der Waals surface area contributed by atoms with Gasteiger partial charge in [0.2, 0.25) is 5.88 Å². The van der Waals surface area contributed by atoms with E-state index >= 15 is 8.78 Å². The molecular weight excluding hydrogens is 584 g/mol. The average Bonchev–Trinajstić information content (AvgIpc) is 3.94. The topological polar surface area (TPSA) is 97.2 Å². The highest BCUT2D eigenvalue weighted by atomic mass is 32.2. The van der Waals surface area contributed by atoms with Gasteiger partial charge in [-0.3, -0.25) is 9.52 Å². The minimum absolute atomic E-state index is 0.279. The summed E-state index contributed by atoms with van der Waals surface area (Å²) in [7, 11) is 0. The van der Waals surface area contributed by atoms with Gasteiger partial charge >= 0.3 is 0 Å². The monoisotopic (exact) mass is 621 g/mol. The van der Waals surface area contributed by atoms with E-state index in [4.69, 9.17) is 9.72 Å². The molecule has 3 aromatic heterocycles. The van der Waals surface area contributed by atoms with Crippen molar-refractivity contribution in [3.05, 3.63) is 48.2 Å². The highest BCUT2D eigenvalue weighted by molar-refractivity contribution is 7.97. The van der Waals surface area contributed by atoms with Crippen LogP contribution in [0, 0.1) is 22.7 Å². The maximum atomic E-state index is 15.2. The summed E-state index contributed by atoms with van der Waals surface area (Å²) in [5, 5.41) is 7.90. The first-order valence-electron chi connectivity index (χ1n) is 15.6. The second kappa shape index (κ2) is 9.79. The summed E-state index contributed by atoms with van der Waals surface area (Å²) in [6.45, 7) is 4.53. The SMILES string of the molecule is CC1(C)CC2CN1c1nc(-n3ccc(OCCC4C5(CC5)C45CC5)n3)ccc1C(=O)NSc1cccc(n1)NCC(F)(F)C2. The minimum atomic E-state index is -2.93. The van der Waals surface area contributed by atoms with Gasteiger partial charge in [-0.1, -0.05) is 6.07 Å². The molecule has 1 unspecified atom stereocenters. The van der Waals surface area contributed by atoms with Crippen LogP contribution in [-0.4, -0.2) is 56.8 Å².